The quantitative estimate of drug-likeness (QED) is 0.867. The summed E-state index contributed by atoms with van der Waals surface area (Å²) in [5.74, 6) is 3.88. The number of hydrogen-bond donors (Lipinski definition) is 1. The van der Waals surface area contributed by atoms with E-state index in [-0.39, 0.29) is 18.7 Å². The van der Waals surface area contributed by atoms with Crippen LogP contribution in [-0.2, 0) is 4.79 Å². The van der Waals surface area contributed by atoms with Crippen molar-refractivity contribution in [3.63, 3.8) is 0 Å². The Labute approximate surface area is 136 Å². The van der Waals surface area contributed by atoms with Crippen molar-refractivity contribution in [2.24, 2.45) is 17.8 Å². The predicted molar refractivity (Wildman–Crippen MR) is 88.1 cm³/mol. The van der Waals surface area contributed by atoms with E-state index in [4.69, 9.17) is 9.47 Å². The number of amides is 1. The molecule has 0 spiro atoms. The van der Waals surface area contributed by atoms with Gasteiger partial charge in [-0.1, -0.05) is 12.5 Å². The van der Waals surface area contributed by atoms with E-state index in [1.54, 1.807) is 6.08 Å². The Bertz CT molecular complexity index is 640. The molecule has 0 unspecified atom stereocenters. The normalized spacial score (nSPS) is 29.2. The van der Waals surface area contributed by atoms with Crippen molar-refractivity contribution >= 4 is 12.0 Å². The van der Waals surface area contributed by atoms with Crippen LogP contribution in [-0.4, -0.2) is 18.7 Å². The monoisotopic (exact) mass is 313 g/mol. The predicted octanol–water partition coefficient (Wildman–Crippen LogP) is 3.37. The standard InChI is InChI=1S/C19H23NO3/c1-12(16-9-14-2-5-15(16)8-14)20-19(21)7-4-13-3-6-17-18(10-13)23-11-22-17/h3-4,6-7,10,12,14-16H,2,5,8-9,11H2,1H3,(H,20,21)/b7-4+/t12-,14-,15-,16-/m1/s1. The first-order valence-corrected chi connectivity index (χ1v) is 8.57. The maximum atomic E-state index is 12.2. The number of ether oxygens (including phenoxy) is 2. The van der Waals surface area contributed by atoms with Gasteiger partial charge in [-0.05, 0) is 67.7 Å². The molecule has 0 aromatic heterocycles. The molecule has 1 aromatic carbocycles. The van der Waals surface area contributed by atoms with E-state index in [1.165, 1.54) is 25.7 Å². The van der Waals surface area contributed by atoms with Crippen molar-refractivity contribution < 1.29 is 14.3 Å². The SMILES string of the molecule is C[C@@H](NC(=O)/C=C/c1ccc2c(c1)OCO2)[C@H]1C[C@@H]2CC[C@@H]1C2. The van der Waals surface area contributed by atoms with Gasteiger partial charge >= 0.3 is 0 Å². The fourth-order valence-corrected chi connectivity index (χ4v) is 4.47. The van der Waals surface area contributed by atoms with Gasteiger partial charge in [-0.15, -0.1) is 0 Å². The lowest BCUT2D eigenvalue weighted by Gasteiger charge is -2.28. The molecule has 4 atom stereocenters. The average Bonchev–Trinajstić information content (AvgIpc) is 3.28. The highest BCUT2D eigenvalue weighted by atomic mass is 16.7. The Morgan fingerprint density at radius 1 is 1.26 bits per heavy atom. The van der Waals surface area contributed by atoms with Crippen molar-refractivity contribution in [2.75, 3.05) is 6.79 Å². The zero-order valence-corrected chi connectivity index (χ0v) is 13.5. The smallest absolute Gasteiger partial charge is 0.244 e. The molecule has 2 saturated carbocycles. The van der Waals surface area contributed by atoms with E-state index < -0.39 is 0 Å². The van der Waals surface area contributed by atoms with Gasteiger partial charge in [0.1, 0.15) is 0 Å². The van der Waals surface area contributed by atoms with Crippen LogP contribution in [0.4, 0.5) is 0 Å². The molecule has 4 heteroatoms. The van der Waals surface area contributed by atoms with Crippen LogP contribution in [0.1, 0.15) is 38.2 Å². The Morgan fingerprint density at radius 3 is 2.91 bits per heavy atom. The maximum absolute atomic E-state index is 12.2. The van der Waals surface area contributed by atoms with Gasteiger partial charge < -0.3 is 14.8 Å². The highest BCUT2D eigenvalue weighted by molar-refractivity contribution is 5.92. The van der Waals surface area contributed by atoms with E-state index in [0.717, 1.165) is 28.9 Å². The van der Waals surface area contributed by atoms with Gasteiger partial charge in [-0.2, -0.15) is 0 Å². The molecule has 1 amide bonds. The lowest BCUT2D eigenvalue weighted by Crippen LogP contribution is -2.39. The van der Waals surface area contributed by atoms with Crippen LogP contribution >= 0.6 is 0 Å². The molecule has 1 heterocycles. The Morgan fingerprint density at radius 2 is 2.13 bits per heavy atom. The van der Waals surface area contributed by atoms with Crippen LogP contribution in [0.3, 0.4) is 0 Å². The summed E-state index contributed by atoms with van der Waals surface area (Å²) in [6.07, 6.45) is 8.84. The molecule has 4 rings (SSSR count). The molecule has 3 aliphatic rings. The molecule has 1 aromatic rings. The maximum Gasteiger partial charge on any atom is 0.244 e. The van der Waals surface area contributed by atoms with Gasteiger partial charge in [-0.3, -0.25) is 4.79 Å². The first kappa shape index (κ1) is 14.6. The van der Waals surface area contributed by atoms with Gasteiger partial charge in [0, 0.05) is 12.1 Å². The van der Waals surface area contributed by atoms with Crippen LogP contribution in [0, 0.1) is 17.8 Å². The first-order valence-electron chi connectivity index (χ1n) is 8.57. The lowest BCUT2D eigenvalue weighted by atomic mass is 9.84. The fourth-order valence-electron chi connectivity index (χ4n) is 4.47. The molecule has 2 bridgehead atoms. The van der Waals surface area contributed by atoms with Gasteiger partial charge in [0.05, 0.1) is 0 Å². The Kier molecular flexibility index (Phi) is 3.76. The summed E-state index contributed by atoms with van der Waals surface area (Å²) in [6.45, 7) is 2.42. The second-order valence-corrected chi connectivity index (χ2v) is 7.08. The van der Waals surface area contributed by atoms with Gasteiger partial charge in [-0.25, -0.2) is 0 Å². The van der Waals surface area contributed by atoms with Crippen LogP contribution in [0.2, 0.25) is 0 Å². The molecule has 0 radical (unpaired) electrons. The van der Waals surface area contributed by atoms with E-state index in [1.807, 2.05) is 24.3 Å². The highest BCUT2D eigenvalue weighted by Crippen LogP contribution is 2.49. The number of benzene rings is 1. The van der Waals surface area contributed by atoms with Crippen molar-refractivity contribution in [1.29, 1.82) is 0 Å². The van der Waals surface area contributed by atoms with E-state index in [2.05, 4.69) is 12.2 Å². The van der Waals surface area contributed by atoms with Crippen LogP contribution in [0.5, 0.6) is 11.5 Å². The van der Waals surface area contributed by atoms with Crippen molar-refractivity contribution in [1.82, 2.24) is 5.32 Å². The zero-order chi connectivity index (χ0) is 15.8. The van der Waals surface area contributed by atoms with Crippen molar-refractivity contribution in [2.45, 2.75) is 38.6 Å². The number of hydrogen-bond acceptors (Lipinski definition) is 3. The third-order valence-corrected chi connectivity index (χ3v) is 5.63. The first-order chi connectivity index (χ1) is 11.2. The minimum Gasteiger partial charge on any atom is -0.454 e. The van der Waals surface area contributed by atoms with Gasteiger partial charge in [0.25, 0.3) is 0 Å². The van der Waals surface area contributed by atoms with Crippen molar-refractivity contribution in [3.8, 4) is 11.5 Å². The second kappa shape index (κ2) is 5.91. The summed E-state index contributed by atoms with van der Waals surface area (Å²) in [6, 6.07) is 5.96. The van der Waals surface area contributed by atoms with E-state index in [9.17, 15) is 4.79 Å². The molecule has 1 N–H and O–H groups in total. The second-order valence-electron chi connectivity index (χ2n) is 7.08. The van der Waals surface area contributed by atoms with Gasteiger partial charge in [0.15, 0.2) is 11.5 Å². The molecular formula is C19H23NO3. The molecule has 122 valence electrons. The van der Waals surface area contributed by atoms with Crippen LogP contribution in [0.25, 0.3) is 6.08 Å². The van der Waals surface area contributed by atoms with Gasteiger partial charge in [0.2, 0.25) is 12.7 Å². The average molecular weight is 313 g/mol. The summed E-state index contributed by atoms with van der Waals surface area (Å²) in [5.41, 5.74) is 0.942. The molecule has 0 saturated heterocycles. The largest absolute Gasteiger partial charge is 0.454 e. The van der Waals surface area contributed by atoms with Crippen LogP contribution < -0.4 is 14.8 Å². The molecule has 1 aliphatic heterocycles. The number of nitrogens with one attached hydrogen (secondary N) is 1. The third kappa shape index (κ3) is 2.94. The van der Waals surface area contributed by atoms with Crippen molar-refractivity contribution in [3.05, 3.63) is 29.8 Å². The third-order valence-electron chi connectivity index (χ3n) is 5.63. The Hall–Kier alpha value is -1.97. The molecule has 2 fully saturated rings. The Balaban J connectivity index is 1.34. The molecular weight excluding hydrogens is 290 g/mol. The highest BCUT2D eigenvalue weighted by Gasteiger charge is 2.41. The van der Waals surface area contributed by atoms with E-state index in [0.29, 0.717) is 5.92 Å². The molecule has 2 aliphatic carbocycles. The number of rotatable bonds is 4. The lowest BCUT2D eigenvalue weighted by molar-refractivity contribution is -0.117. The zero-order valence-electron chi connectivity index (χ0n) is 13.5. The minimum absolute atomic E-state index is 0.0158. The molecule has 23 heavy (non-hydrogen) atoms. The topological polar surface area (TPSA) is 47.6 Å². The summed E-state index contributed by atoms with van der Waals surface area (Å²) in [4.78, 5) is 12.2. The number of carbonyl (C=O) groups excluding carboxylic acids is 1. The number of carbonyl (C=O) groups is 1. The summed E-state index contributed by atoms with van der Waals surface area (Å²) in [5, 5.41) is 3.15. The summed E-state index contributed by atoms with van der Waals surface area (Å²) >= 11 is 0. The van der Waals surface area contributed by atoms with E-state index >= 15 is 0 Å². The fraction of sp³-hybridized carbons (Fsp3) is 0.526. The minimum atomic E-state index is -0.0158. The number of fused-ring (bicyclic) bond motifs is 3. The van der Waals surface area contributed by atoms with Crippen LogP contribution in [0.15, 0.2) is 24.3 Å². The summed E-state index contributed by atoms with van der Waals surface area (Å²) in [7, 11) is 0. The summed E-state index contributed by atoms with van der Waals surface area (Å²) < 4.78 is 10.6. The molecule has 4 nitrogen and oxygen atoms in total.